The van der Waals surface area contributed by atoms with Crippen LogP contribution in [0.15, 0.2) is 115 Å². The first-order valence-electron chi connectivity index (χ1n) is 9.70. The SMILES string of the molecule is C#CC(=O)Oc1ccc(C(c2ccccc2)(c2ccccc2)c2ccccc2)cc1. The number of benzene rings is 4. The van der Waals surface area contributed by atoms with Crippen molar-refractivity contribution in [1.82, 2.24) is 0 Å². The van der Waals surface area contributed by atoms with Crippen LogP contribution in [0.1, 0.15) is 22.3 Å². The van der Waals surface area contributed by atoms with Crippen LogP contribution < -0.4 is 4.74 Å². The lowest BCUT2D eigenvalue weighted by atomic mass is 9.65. The van der Waals surface area contributed by atoms with Crippen LogP contribution in [0.5, 0.6) is 5.75 Å². The van der Waals surface area contributed by atoms with E-state index in [1.807, 2.05) is 36.3 Å². The molecular weight excluding hydrogens is 368 g/mol. The van der Waals surface area contributed by atoms with Crippen molar-refractivity contribution in [2.75, 3.05) is 0 Å². The zero-order valence-corrected chi connectivity index (χ0v) is 16.4. The molecule has 0 amide bonds. The Morgan fingerprint density at radius 3 is 1.33 bits per heavy atom. The fraction of sp³-hybridized carbons (Fsp3) is 0.0357. The second kappa shape index (κ2) is 8.51. The minimum absolute atomic E-state index is 0.421. The maximum absolute atomic E-state index is 11.5. The zero-order chi connectivity index (χ0) is 20.8. The number of hydrogen-bond acceptors (Lipinski definition) is 2. The molecule has 0 saturated carbocycles. The third-order valence-electron chi connectivity index (χ3n) is 5.24. The van der Waals surface area contributed by atoms with E-state index in [2.05, 4.69) is 72.8 Å². The average Bonchev–Trinajstić information content (AvgIpc) is 2.83. The van der Waals surface area contributed by atoms with Crippen LogP contribution in [0.25, 0.3) is 0 Å². The van der Waals surface area contributed by atoms with Gasteiger partial charge in [0.05, 0.1) is 5.41 Å². The third kappa shape index (κ3) is 3.50. The van der Waals surface area contributed by atoms with Crippen molar-refractivity contribution in [1.29, 1.82) is 0 Å². The van der Waals surface area contributed by atoms with Gasteiger partial charge >= 0.3 is 5.97 Å². The van der Waals surface area contributed by atoms with Gasteiger partial charge in [-0.05, 0) is 34.4 Å². The number of terminal acetylenes is 1. The van der Waals surface area contributed by atoms with Gasteiger partial charge in [-0.15, -0.1) is 6.42 Å². The van der Waals surface area contributed by atoms with Crippen LogP contribution >= 0.6 is 0 Å². The lowest BCUT2D eigenvalue weighted by Gasteiger charge is -2.36. The zero-order valence-electron chi connectivity index (χ0n) is 16.4. The molecule has 0 fully saturated rings. The summed E-state index contributed by atoms with van der Waals surface area (Å²) in [7, 11) is 0. The molecule has 144 valence electrons. The van der Waals surface area contributed by atoms with Gasteiger partial charge in [-0.25, -0.2) is 4.79 Å². The third-order valence-corrected chi connectivity index (χ3v) is 5.24. The van der Waals surface area contributed by atoms with E-state index < -0.39 is 11.4 Å². The molecular formula is C28H20O2. The molecule has 0 unspecified atom stereocenters. The Labute approximate surface area is 176 Å². The summed E-state index contributed by atoms with van der Waals surface area (Å²) in [5.74, 6) is 1.69. The number of ether oxygens (including phenoxy) is 1. The molecule has 0 aliphatic heterocycles. The minimum atomic E-state index is -0.705. The summed E-state index contributed by atoms with van der Waals surface area (Å²) >= 11 is 0. The van der Waals surface area contributed by atoms with Gasteiger partial charge in [0.25, 0.3) is 0 Å². The molecule has 0 N–H and O–H groups in total. The molecule has 0 aliphatic carbocycles. The Kier molecular flexibility index (Phi) is 5.46. The highest BCUT2D eigenvalue weighted by Gasteiger charge is 2.38. The quantitative estimate of drug-likeness (QED) is 0.146. The smallest absolute Gasteiger partial charge is 0.389 e. The largest absolute Gasteiger partial charge is 0.417 e. The molecule has 0 bridgehead atoms. The van der Waals surface area contributed by atoms with Crippen LogP contribution in [0.4, 0.5) is 0 Å². The standard InChI is InChI=1S/C28H20O2/c1-2-27(29)30-26-20-18-25(19-21-26)28(22-12-6-3-7-13-22,23-14-8-4-9-15-23)24-16-10-5-11-17-24/h1,3-21H. The van der Waals surface area contributed by atoms with Gasteiger partial charge in [-0.2, -0.15) is 0 Å². The molecule has 2 heteroatoms. The van der Waals surface area contributed by atoms with Crippen LogP contribution in [0.2, 0.25) is 0 Å². The lowest BCUT2D eigenvalue weighted by molar-refractivity contribution is -0.128. The van der Waals surface area contributed by atoms with E-state index in [1.165, 1.54) is 0 Å². The first-order chi connectivity index (χ1) is 14.7. The Hall–Kier alpha value is -4.09. The van der Waals surface area contributed by atoms with Crippen molar-refractivity contribution in [3.8, 4) is 18.1 Å². The fourth-order valence-electron chi connectivity index (χ4n) is 3.97. The van der Waals surface area contributed by atoms with Gasteiger partial charge in [0, 0.05) is 5.92 Å². The highest BCUT2D eigenvalue weighted by molar-refractivity contribution is 5.89. The molecule has 0 atom stereocenters. The van der Waals surface area contributed by atoms with Crippen LogP contribution in [0, 0.1) is 12.3 Å². The highest BCUT2D eigenvalue weighted by Crippen LogP contribution is 2.45. The molecule has 0 spiro atoms. The predicted molar refractivity (Wildman–Crippen MR) is 119 cm³/mol. The van der Waals surface area contributed by atoms with Crippen molar-refractivity contribution in [3.05, 3.63) is 138 Å². The van der Waals surface area contributed by atoms with Crippen molar-refractivity contribution in [2.24, 2.45) is 0 Å². The molecule has 0 radical (unpaired) electrons. The molecule has 0 saturated heterocycles. The Morgan fingerprint density at radius 1 is 0.600 bits per heavy atom. The number of rotatable bonds is 5. The molecule has 30 heavy (non-hydrogen) atoms. The molecule has 0 aromatic heterocycles. The summed E-state index contributed by atoms with van der Waals surface area (Å²) in [6.07, 6.45) is 5.12. The van der Waals surface area contributed by atoms with E-state index in [9.17, 15) is 4.79 Å². The summed E-state index contributed by atoms with van der Waals surface area (Å²) in [4.78, 5) is 11.5. The monoisotopic (exact) mass is 388 g/mol. The van der Waals surface area contributed by atoms with E-state index in [0.29, 0.717) is 5.75 Å². The Morgan fingerprint density at radius 2 is 0.967 bits per heavy atom. The summed E-state index contributed by atoms with van der Waals surface area (Å²) in [5, 5.41) is 0. The summed E-state index contributed by atoms with van der Waals surface area (Å²) in [6.45, 7) is 0. The Bertz CT molecular complexity index is 1060. The van der Waals surface area contributed by atoms with E-state index in [-0.39, 0.29) is 0 Å². The maximum Gasteiger partial charge on any atom is 0.389 e. The number of carbonyl (C=O) groups is 1. The van der Waals surface area contributed by atoms with Gasteiger partial charge in [-0.3, -0.25) is 0 Å². The first kappa shape index (κ1) is 19.2. The van der Waals surface area contributed by atoms with Gasteiger partial charge in [-0.1, -0.05) is 103 Å². The number of esters is 1. The molecule has 4 rings (SSSR count). The molecule has 0 heterocycles. The van der Waals surface area contributed by atoms with Gasteiger partial charge in [0.2, 0.25) is 0 Å². The fourth-order valence-corrected chi connectivity index (χ4v) is 3.97. The van der Waals surface area contributed by atoms with Gasteiger partial charge in [0.15, 0.2) is 0 Å². The van der Waals surface area contributed by atoms with E-state index in [4.69, 9.17) is 11.2 Å². The normalized spacial score (nSPS) is 10.8. The number of carbonyl (C=O) groups excluding carboxylic acids is 1. The van der Waals surface area contributed by atoms with Crippen molar-refractivity contribution >= 4 is 5.97 Å². The van der Waals surface area contributed by atoms with E-state index in [0.717, 1.165) is 22.3 Å². The molecule has 2 nitrogen and oxygen atoms in total. The lowest BCUT2D eigenvalue weighted by Crippen LogP contribution is -2.30. The number of hydrogen-bond donors (Lipinski definition) is 0. The highest BCUT2D eigenvalue weighted by atomic mass is 16.5. The van der Waals surface area contributed by atoms with Crippen molar-refractivity contribution in [3.63, 3.8) is 0 Å². The Balaban J connectivity index is 1.98. The molecule has 0 aliphatic rings. The van der Waals surface area contributed by atoms with E-state index >= 15 is 0 Å². The van der Waals surface area contributed by atoms with Crippen LogP contribution in [0.3, 0.4) is 0 Å². The van der Waals surface area contributed by atoms with Crippen LogP contribution in [-0.2, 0) is 10.2 Å². The predicted octanol–water partition coefficient (Wildman–Crippen LogP) is 5.61. The molecule has 4 aromatic rings. The molecule has 4 aromatic carbocycles. The first-order valence-corrected chi connectivity index (χ1v) is 9.70. The maximum atomic E-state index is 11.5. The summed E-state index contributed by atoms with van der Waals surface area (Å²) < 4.78 is 5.17. The van der Waals surface area contributed by atoms with Gasteiger partial charge in [0.1, 0.15) is 5.75 Å². The summed E-state index contributed by atoms with van der Waals surface area (Å²) in [5.41, 5.74) is 3.98. The van der Waals surface area contributed by atoms with Crippen molar-refractivity contribution < 1.29 is 9.53 Å². The summed E-state index contributed by atoms with van der Waals surface area (Å²) in [6, 6.07) is 38.8. The second-order valence-electron chi connectivity index (χ2n) is 6.91. The second-order valence-corrected chi connectivity index (χ2v) is 6.91. The topological polar surface area (TPSA) is 26.3 Å². The van der Waals surface area contributed by atoms with Crippen molar-refractivity contribution in [2.45, 2.75) is 5.41 Å². The van der Waals surface area contributed by atoms with Crippen LogP contribution in [-0.4, -0.2) is 5.97 Å². The van der Waals surface area contributed by atoms with E-state index in [1.54, 1.807) is 12.1 Å². The minimum Gasteiger partial charge on any atom is -0.417 e. The average molecular weight is 388 g/mol. The van der Waals surface area contributed by atoms with Gasteiger partial charge < -0.3 is 4.74 Å².